The van der Waals surface area contributed by atoms with Gasteiger partial charge in [0.25, 0.3) is 0 Å². The average molecular weight is 385 g/mol. The summed E-state index contributed by atoms with van der Waals surface area (Å²) in [7, 11) is 0. The minimum Gasteiger partial charge on any atom is -0.355 e. The first-order valence-corrected chi connectivity index (χ1v) is 9.23. The Morgan fingerprint density at radius 3 is 2.39 bits per heavy atom. The van der Waals surface area contributed by atoms with Crippen LogP contribution in [0.4, 0.5) is 11.4 Å². The number of anilines is 2. The van der Waals surface area contributed by atoms with Crippen molar-refractivity contribution < 1.29 is 0 Å². The van der Waals surface area contributed by atoms with Gasteiger partial charge in [-0.05, 0) is 67.4 Å². The van der Waals surface area contributed by atoms with E-state index in [2.05, 4.69) is 15.3 Å². The molecule has 0 saturated heterocycles. The lowest BCUT2D eigenvalue weighted by Gasteiger charge is -2.13. The molecule has 0 saturated carbocycles. The molecular formula is C23H17ClN4. The number of hydrogen-bond acceptors (Lipinski definition) is 4. The topological polar surface area (TPSA) is 61.6 Å². The molecule has 4 nitrogen and oxygen atoms in total. The Hall–Kier alpha value is -3.42. The summed E-state index contributed by atoms with van der Waals surface area (Å²) in [4.78, 5) is 8.78. The SMILES string of the molecule is Cc1cc(Nc2ccc(-c3ccc(C#N)nc3)cc2)c2ccc(Cl)c(C)c2n1. The van der Waals surface area contributed by atoms with Gasteiger partial charge in [0.05, 0.1) is 5.52 Å². The fraction of sp³-hybridized carbons (Fsp3) is 0.0870. The van der Waals surface area contributed by atoms with Crippen LogP contribution in [-0.4, -0.2) is 9.97 Å². The number of rotatable bonds is 3. The zero-order chi connectivity index (χ0) is 19.7. The fourth-order valence-corrected chi connectivity index (χ4v) is 3.32. The maximum Gasteiger partial charge on any atom is 0.140 e. The van der Waals surface area contributed by atoms with Crippen LogP contribution in [0.3, 0.4) is 0 Å². The molecule has 0 aliphatic rings. The number of halogens is 1. The van der Waals surface area contributed by atoms with Crippen LogP contribution in [0.15, 0.2) is 60.8 Å². The predicted octanol–water partition coefficient (Wildman–Crippen LogP) is 6.18. The summed E-state index contributed by atoms with van der Waals surface area (Å²) in [5, 5.41) is 14.1. The second kappa shape index (κ2) is 7.30. The lowest BCUT2D eigenvalue weighted by atomic mass is 10.1. The molecule has 4 aromatic rings. The number of pyridine rings is 2. The molecule has 0 bridgehead atoms. The van der Waals surface area contributed by atoms with Gasteiger partial charge in [0.1, 0.15) is 11.8 Å². The molecule has 0 aliphatic carbocycles. The van der Waals surface area contributed by atoms with Crippen molar-refractivity contribution in [1.29, 1.82) is 5.26 Å². The number of aryl methyl sites for hydroxylation is 2. The maximum absolute atomic E-state index is 8.87. The monoisotopic (exact) mass is 384 g/mol. The number of nitrogens with one attached hydrogen (secondary N) is 1. The molecule has 0 spiro atoms. The number of nitrogens with zero attached hydrogens (tertiary/aromatic N) is 3. The summed E-state index contributed by atoms with van der Waals surface area (Å²) in [6.07, 6.45) is 1.72. The zero-order valence-electron chi connectivity index (χ0n) is 15.5. The van der Waals surface area contributed by atoms with E-state index >= 15 is 0 Å². The molecule has 0 unspecified atom stereocenters. The Balaban J connectivity index is 1.66. The van der Waals surface area contributed by atoms with Gasteiger partial charge in [-0.1, -0.05) is 23.7 Å². The summed E-state index contributed by atoms with van der Waals surface area (Å²) in [5.74, 6) is 0. The van der Waals surface area contributed by atoms with Gasteiger partial charge < -0.3 is 5.32 Å². The Morgan fingerprint density at radius 2 is 1.71 bits per heavy atom. The van der Waals surface area contributed by atoms with Crippen molar-refractivity contribution in [2.45, 2.75) is 13.8 Å². The summed E-state index contributed by atoms with van der Waals surface area (Å²) < 4.78 is 0. The van der Waals surface area contributed by atoms with E-state index in [0.717, 1.165) is 49.7 Å². The summed E-state index contributed by atoms with van der Waals surface area (Å²) in [6, 6.07) is 19.7. The third kappa shape index (κ3) is 3.40. The van der Waals surface area contributed by atoms with Crippen LogP contribution in [0.1, 0.15) is 17.0 Å². The van der Waals surface area contributed by atoms with Crippen molar-refractivity contribution >= 4 is 33.9 Å². The highest BCUT2D eigenvalue weighted by atomic mass is 35.5. The number of nitriles is 1. The summed E-state index contributed by atoms with van der Waals surface area (Å²) >= 11 is 6.26. The van der Waals surface area contributed by atoms with Crippen molar-refractivity contribution in [3.05, 3.63) is 82.8 Å². The Labute approximate surface area is 168 Å². The lowest BCUT2D eigenvalue weighted by Crippen LogP contribution is -1.96. The molecule has 136 valence electrons. The molecule has 0 aliphatic heterocycles. The smallest absolute Gasteiger partial charge is 0.140 e. The molecule has 0 atom stereocenters. The van der Waals surface area contributed by atoms with Gasteiger partial charge in [0, 0.05) is 39.2 Å². The largest absolute Gasteiger partial charge is 0.355 e. The first-order chi connectivity index (χ1) is 13.5. The maximum atomic E-state index is 8.87. The van der Waals surface area contributed by atoms with E-state index in [1.807, 2.05) is 68.4 Å². The quantitative estimate of drug-likeness (QED) is 0.458. The van der Waals surface area contributed by atoms with Gasteiger partial charge in [0.2, 0.25) is 0 Å². The molecule has 0 radical (unpaired) electrons. The molecule has 1 N–H and O–H groups in total. The molecule has 5 heteroatoms. The molecule has 0 fully saturated rings. The van der Waals surface area contributed by atoms with E-state index in [1.165, 1.54) is 0 Å². The average Bonchev–Trinajstić information content (AvgIpc) is 2.72. The Kier molecular flexibility index (Phi) is 4.68. The highest BCUT2D eigenvalue weighted by Gasteiger charge is 2.09. The standard InChI is InChI=1S/C23H17ClN4/c1-14-11-22(20-9-10-21(24)15(2)23(20)27-14)28-18-6-3-16(4-7-18)17-5-8-19(12-25)26-13-17/h3-11,13H,1-2H3,(H,27,28). The van der Waals surface area contributed by atoms with Crippen molar-refractivity contribution in [2.75, 3.05) is 5.32 Å². The number of hydrogen-bond donors (Lipinski definition) is 1. The van der Waals surface area contributed by atoms with Crippen LogP contribution in [0.5, 0.6) is 0 Å². The van der Waals surface area contributed by atoms with E-state index in [4.69, 9.17) is 16.9 Å². The highest BCUT2D eigenvalue weighted by Crippen LogP contribution is 2.32. The molecule has 2 aromatic carbocycles. The molecule has 0 amide bonds. The molecule has 28 heavy (non-hydrogen) atoms. The second-order valence-electron chi connectivity index (χ2n) is 6.63. The van der Waals surface area contributed by atoms with Crippen molar-refractivity contribution in [3.8, 4) is 17.2 Å². The molecule has 4 rings (SSSR count). The van der Waals surface area contributed by atoms with Gasteiger partial charge >= 0.3 is 0 Å². The van der Waals surface area contributed by atoms with E-state index < -0.39 is 0 Å². The third-order valence-electron chi connectivity index (χ3n) is 4.67. The molecule has 2 heterocycles. The van der Waals surface area contributed by atoms with Crippen molar-refractivity contribution in [2.24, 2.45) is 0 Å². The van der Waals surface area contributed by atoms with Crippen LogP contribution in [0.2, 0.25) is 5.02 Å². The molecular weight excluding hydrogens is 368 g/mol. The minimum absolute atomic E-state index is 0.414. The number of benzene rings is 2. The highest BCUT2D eigenvalue weighted by molar-refractivity contribution is 6.32. The summed E-state index contributed by atoms with van der Waals surface area (Å²) in [5.41, 5.74) is 7.23. The van der Waals surface area contributed by atoms with Crippen LogP contribution >= 0.6 is 11.6 Å². The zero-order valence-corrected chi connectivity index (χ0v) is 16.2. The van der Waals surface area contributed by atoms with Crippen LogP contribution in [0, 0.1) is 25.2 Å². The normalized spacial score (nSPS) is 10.6. The van der Waals surface area contributed by atoms with Gasteiger partial charge in [0.15, 0.2) is 0 Å². The van der Waals surface area contributed by atoms with Crippen LogP contribution in [0.25, 0.3) is 22.0 Å². The lowest BCUT2D eigenvalue weighted by molar-refractivity contribution is 1.24. The Morgan fingerprint density at radius 1 is 0.964 bits per heavy atom. The van der Waals surface area contributed by atoms with E-state index in [1.54, 1.807) is 12.3 Å². The van der Waals surface area contributed by atoms with Crippen LogP contribution in [-0.2, 0) is 0 Å². The van der Waals surface area contributed by atoms with Crippen molar-refractivity contribution in [3.63, 3.8) is 0 Å². The third-order valence-corrected chi connectivity index (χ3v) is 5.08. The second-order valence-corrected chi connectivity index (χ2v) is 7.03. The minimum atomic E-state index is 0.414. The predicted molar refractivity (Wildman–Crippen MR) is 114 cm³/mol. The van der Waals surface area contributed by atoms with Gasteiger partial charge in [-0.15, -0.1) is 0 Å². The van der Waals surface area contributed by atoms with E-state index in [9.17, 15) is 0 Å². The van der Waals surface area contributed by atoms with Crippen LogP contribution < -0.4 is 5.32 Å². The number of fused-ring (bicyclic) bond motifs is 1. The van der Waals surface area contributed by atoms with Gasteiger partial charge in [-0.2, -0.15) is 5.26 Å². The van der Waals surface area contributed by atoms with E-state index in [-0.39, 0.29) is 0 Å². The summed E-state index contributed by atoms with van der Waals surface area (Å²) in [6.45, 7) is 3.97. The van der Waals surface area contributed by atoms with Gasteiger partial charge in [-0.3, -0.25) is 4.98 Å². The van der Waals surface area contributed by atoms with Gasteiger partial charge in [-0.25, -0.2) is 4.98 Å². The molecule has 2 aromatic heterocycles. The Bertz CT molecular complexity index is 1210. The first kappa shape index (κ1) is 18.0. The van der Waals surface area contributed by atoms with Crippen molar-refractivity contribution in [1.82, 2.24) is 9.97 Å². The van der Waals surface area contributed by atoms with E-state index in [0.29, 0.717) is 5.69 Å². The first-order valence-electron chi connectivity index (χ1n) is 8.85. The number of aromatic nitrogens is 2. The fourth-order valence-electron chi connectivity index (χ4n) is 3.17.